The van der Waals surface area contributed by atoms with Crippen molar-refractivity contribution in [3.63, 3.8) is 0 Å². The van der Waals surface area contributed by atoms with Crippen LogP contribution in [0.4, 0.5) is 5.69 Å². The maximum absolute atomic E-state index is 12.2. The summed E-state index contributed by atoms with van der Waals surface area (Å²) in [7, 11) is 0. The van der Waals surface area contributed by atoms with Gasteiger partial charge in [0.15, 0.2) is 0 Å². The zero-order valence-corrected chi connectivity index (χ0v) is 41.6. The van der Waals surface area contributed by atoms with Crippen LogP contribution in [0.2, 0.25) is 10.0 Å². The highest BCUT2D eigenvalue weighted by atomic mass is 35.5. The van der Waals surface area contributed by atoms with Gasteiger partial charge < -0.3 is 29.2 Å². The minimum absolute atomic E-state index is 0.118. The van der Waals surface area contributed by atoms with E-state index in [1.165, 1.54) is 12.4 Å². The van der Waals surface area contributed by atoms with Gasteiger partial charge in [-0.15, -0.1) is 0 Å². The van der Waals surface area contributed by atoms with Crippen molar-refractivity contribution in [2.45, 2.75) is 104 Å². The van der Waals surface area contributed by atoms with Gasteiger partial charge in [-0.2, -0.15) is 5.26 Å². The lowest BCUT2D eigenvalue weighted by Crippen LogP contribution is -2.44. The van der Waals surface area contributed by atoms with Crippen molar-refractivity contribution in [1.82, 2.24) is 19.8 Å². The summed E-state index contributed by atoms with van der Waals surface area (Å²) in [5.41, 5.74) is 9.56. The quantitative estimate of drug-likeness (QED) is 0.0735. The van der Waals surface area contributed by atoms with E-state index in [4.69, 9.17) is 48.7 Å². The predicted molar refractivity (Wildman–Crippen MR) is 272 cm³/mol. The second-order valence-electron chi connectivity index (χ2n) is 18.1. The molecule has 2 fully saturated rings. The van der Waals surface area contributed by atoms with Crippen LogP contribution < -0.4 is 18.9 Å². The van der Waals surface area contributed by atoms with E-state index >= 15 is 0 Å². The van der Waals surface area contributed by atoms with Gasteiger partial charge in [0.05, 0.1) is 22.2 Å². The summed E-state index contributed by atoms with van der Waals surface area (Å²) in [4.78, 5) is 40.1. The predicted octanol–water partition coefficient (Wildman–Crippen LogP) is 11.7. The van der Waals surface area contributed by atoms with E-state index in [1.807, 2.05) is 34.1 Å². The van der Waals surface area contributed by atoms with Crippen LogP contribution in [0.3, 0.4) is 0 Å². The van der Waals surface area contributed by atoms with Gasteiger partial charge in [-0.25, -0.2) is 4.85 Å². The maximum Gasteiger partial charge on any atom is 0.320 e. The average Bonchev–Trinajstić information content (AvgIpc) is 3.38. The third-order valence-electron chi connectivity index (χ3n) is 13.3. The number of hydrogen-bond acceptors (Lipinski definition) is 11. The van der Waals surface area contributed by atoms with Gasteiger partial charge in [0.25, 0.3) is 0 Å². The van der Waals surface area contributed by atoms with Crippen molar-refractivity contribution in [2.24, 2.45) is 0 Å². The number of rotatable bonds is 19. The number of ether oxygens (including phenoxy) is 4. The fraction of sp³-hybridized carbons (Fsp3) is 0.321. The number of aromatic nitrogens is 2. The molecule has 2 aromatic heterocycles. The largest absolute Gasteiger partial charge is 0.488 e. The van der Waals surface area contributed by atoms with Gasteiger partial charge in [-0.05, 0) is 116 Å². The zero-order chi connectivity index (χ0) is 50.7. The van der Waals surface area contributed by atoms with E-state index in [2.05, 4.69) is 46.9 Å². The summed E-state index contributed by atoms with van der Waals surface area (Å²) in [5, 5.41) is 30.1. The third-order valence-corrected chi connectivity index (χ3v) is 13.9. The molecule has 16 heteroatoms. The Bertz CT molecular complexity index is 2840. The fourth-order valence-corrected chi connectivity index (χ4v) is 9.87. The number of carbonyl (C=O) groups is 2. The molecule has 72 heavy (non-hydrogen) atoms. The third kappa shape index (κ3) is 12.4. The van der Waals surface area contributed by atoms with Crippen molar-refractivity contribution in [3.8, 4) is 40.2 Å². The molecule has 2 aliphatic rings. The Morgan fingerprint density at radius 3 is 1.60 bits per heavy atom. The molecule has 14 nitrogen and oxygen atoms in total. The fourth-order valence-electron chi connectivity index (χ4n) is 9.38. The Morgan fingerprint density at radius 2 is 1.12 bits per heavy atom. The average molecular weight is 1010 g/mol. The van der Waals surface area contributed by atoms with E-state index in [0.717, 1.165) is 70.2 Å². The molecule has 6 aromatic rings. The summed E-state index contributed by atoms with van der Waals surface area (Å²) < 4.78 is 25.6. The van der Waals surface area contributed by atoms with Gasteiger partial charge in [0, 0.05) is 66.7 Å². The number of aliphatic carboxylic acids is 2. The van der Waals surface area contributed by atoms with E-state index < -0.39 is 24.0 Å². The Hall–Kier alpha value is -7.20. The molecule has 2 N–H and O–H groups in total. The number of carboxylic acid groups (broad SMARTS) is 2. The highest BCUT2D eigenvalue weighted by molar-refractivity contribution is 6.32. The van der Waals surface area contributed by atoms with Crippen LogP contribution in [-0.2, 0) is 49.1 Å². The zero-order valence-electron chi connectivity index (χ0n) is 40.1. The van der Waals surface area contributed by atoms with Crippen LogP contribution in [0.5, 0.6) is 23.0 Å². The van der Waals surface area contributed by atoms with Gasteiger partial charge >= 0.3 is 11.9 Å². The van der Waals surface area contributed by atoms with Crippen molar-refractivity contribution in [2.75, 3.05) is 13.1 Å². The maximum atomic E-state index is 12.2. The summed E-state index contributed by atoms with van der Waals surface area (Å²) in [6.45, 7) is 14.0. The standard InChI is InChI=1S/C56H54Cl2N6O8/c1-35-40(33-71-53-22-51(69-31-38-18-37(24-59)25-61-26-38)42(20-47(53)57)29-63-16-6-4-14-49(63)55(65)66)10-8-12-45(35)46-13-9-11-41(36(46)2)34-72-54-23-52(70-32-39-19-44(60-3)28-62-27-39)43(21-48(54)58)30-64-17-7-5-15-50(64)56(67)68/h8-13,18-23,25-28,49-50H,4-7,14-17,29-34H2,1-2H3,(H,65,66)(H,67,68)/t49-,50-/m0/s1. The number of halogens is 2. The molecule has 2 atom stereocenters. The Labute approximate surface area is 429 Å². The lowest BCUT2D eigenvalue weighted by molar-refractivity contribution is -0.145. The highest BCUT2D eigenvalue weighted by Gasteiger charge is 2.31. The first-order valence-electron chi connectivity index (χ1n) is 23.8. The number of nitriles is 1. The van der Waals surface area contributed by atoms with Crippen molar-refractivity contribution in [1.29, 1.82) is 5.26 Å². The molecule has 2 saturated heterocycles. The molecular weight excluding hydrogens is 956 g/mol. The molecule has 4 aromatic carbocycles. The van der Waals surface area contributed by atoms with E-state index in [1.54, 1.807) is 48.8 Å². The molecule has 2 aliphatic heterocycles. The molecule has 0 amide bonds. The van der Waals surface area contributed by atoms with Crippen LogP contribution in [-0.4, -0.2) is 67.1 Å². The first-order valence-corrected chi connectivity index (χ1v) is 24.6. The molecule has 4 heterocycles. The summed E-state index contributed by atoms with van der Waals surface area (Å²) in [6, 6.07) is 23.5. The Kier molecular flexibility index (Phi) is 16.9. The molecule has 0 bridgehead atoms. The summed E-state index contributed by atoms with van der Waals surface area (Å²) in [6.07, 6.45) is 10.8. The van der Waals surface area contributed by atoms with Crippen molar-refractivity contribution < 1.29 is 38.7 Å². The van der Waals surface area contributed by atoms with Crippen LogP contribution in [0.25, 0.3) is 16.0 Å². The number of benzene rings is 4. The normalized spacial score (nSPS) is 16.0. The molecule has 0 unspecified atom stereocenters. The topological polar surface area (TPSA) is 172 Å². The molecule has 0 radical (unpaired) electrons. The van der Waals surface area contributed by atoms with Gasteiger partial charge in [0.2, 0.25) is 5.69 Å². The van der Waals surface area contributed by atoms with E-state index in [0.29, 0.717) is 94.4 Å². The SMILES string of the molecule is [C-]#[N+]c1cncc(COc2cc(OCc3cccc(-c4cccc(COc5cc(OCc6cncc(C#N)c6)c(CN6CCCC[C@H]6C(=O)O)cc5Cl)c4C)c3C)c(Cl)cc2CN2CCCC[C@H]2C(=O)O)c1. The molecule has 0 aliphatic carbocycles. The minimum Gasteiger partial charge on any atom is -0.488 e. The monoisotopic (exact) mass is 1010 g/mol. The number of pyridine rings is 2. The Morgan fingerprint density at radius 1 is 0.653 bits per heavy atom. The van der Waals surface area contributed by atoms with E-state index in [9.17, 15) is 25.1 Å². The lowest BCUT2D eigenvalue weighted by atomic mass is 9.92. The van der Waals surface area contributed by atoms with Gasteiger partial charge in [-0.3, -0.25) is 29.4 Å². The second kappa shape index (κ2) is 23.8. The van der Waals surface area contributed by atoms with Crippen molar-refractivity contribution in [3.05, 3.63) is 169 Å². The minimum atomic E-state index is -0.859. The first-order chi connectivity index (χ1) is 34.9. The van der Waals surface area contributed by atoms with E-state index in [-0.39, 0.29) is 26.4 Å². The number of nitrogens with zero attached hydrogens (tertiary/aromatic N) is 6. The number of piperidine rings is 2. The molecule has 8 rings (SSSR count). The van der Waals surface area contributed by atoms with Gasteiger partial charge in [-0.1, -0.05) is 72.4 Å². The summed E-state index contributed by atoms with van der Waals surface area (Å²) >= 11 is 13.9. The van der Waals surface area contributed by atoms with Gasteiger partial charge in [0.1, 0.15) is 67.6 Å². The summed E-state index contributed by atoms with van der Waals surface area (Å²) in [5.74, 6) is 0.0595. The smallest absolute Gasteiger partial charge is 0.320 e. The molecule has 0 spiro atoms. The second-order valence-corrected chi connectivity index (χ2v) is 18.9. The first kappa shape index (κ1) is 51.2. The number of hydrogen-bond donors (Lipinski definition) is 2. The van der Waals surface area contributed by atoms with Crippen LogP contribution in [0, 0.1) is 31.8 Å². The Balaban J connectivity index is 1.01. The van der Waals surface area contributed by atoms with Crippen molar-refractivity contribution >= 4 is 40.8 Å². The van der Waals surface area contributed by atoms with Crippen LogP contribution in [0.1, 0.15) is 88.6 Å². The molecule has 0 saturated carbocycles. The number of likely N-dealkylation sites (tertiary alicyclic amines) is 2. The van der Waals surface area contributed by atoms with Crippen LogP contribution in [0.15, 0.2) is 97.6 Å². The van der Waals surface area contributed by atoms with Crippen LogP contribution >= 0.6 is 23.2 Å². The number of carboxylic acids is 2. The lowest BCUT2D eigenvalue weighted by Gasteiger charge is -2.33. The highest BCUT2D eigenvalue weighted by Crippen LogP contribution is 2.39. The molecular formula is C56H54Cl2N6O8. The molecule has 370 valence electrons.